The van der Waals surface area contributed by atoms with Crippen molar-refractivity contribution in [3.63, 3.8) is 0 Å². The third-order valence-electron chi connectivity index (χ3n) is 3.37. The summed E-state index contributed by atoms with van der Waals surface area (Å²) in [5.74, 6) is 0.997. The largest absolute Gasteiger partial charge is 0.379 e. The summed E-state index contributed by atoms with van der Waals surface area (Å²) in [7, 11) is 0. The monoisotopic (exact) mass is 231 g/mol. The van der Waals surface area contributed by atoms with Gasteiger partial charge in [-0.25, -0.2) is 0 Å². The van der Waals surface area contributed by atoms with Crippen LogP contribution in [0.5, 0.6) is 0 Å². The molecular formula is C13H17N3O. The first kappa shape index (κ1) is 10.6. The lowest BCUT2D eigenvalue weighted by Crippen LogP contribution is -2.10. The SMILES string of the molecule is Cc1ccc(C)n1-c1ccn([C@@H]2CCOC2)n1. The van der Waals surface area contributed by atoms with Gasteiger partial charge >= 0.3 is 0 Å². The normalized spacial score (nSPS) is 20.0. The molecule has 1 saturated heterocycles. The first-order valence-corrected chi connectivity index (χ1v) is 6.04. The summed E-state index contributed by atoms with van der Waals surface area (Å²) < 4.78 is 9.59. The summed E-state index contributed by atoms with van der Waals surface area (Å²) in [5.41, 5.74) is 2.44. The van der Waals surface area contributed by atoms with Crippen LogP contribution in [0.1, 0.15) is 23.9 Å². The molecule has 0 spiro atoms. The molecule has 0 aromatic carbocycles. The predicted octanol–water partition coefficient (Wildman–Crippen LogP) is 2.25. The summed E-state index contributed by atoms with van der Waals surface area (Å²) in [6.45, 7) is 5.83. The van der Waals surface area contributed by atoms with E-state index >= 15 is 0 Å². The van der Waals surface area contributed by atoms with Gasteiger partial charge in [-0.15, -0.1) is 0 Å². The molecule has 0 amide bonds. The fraction of sp³-hybridized carbons (Fsp3) is 0.462. The molecule has 17 heavy (non-hydrogen) atoms. The molecule has 3 rings (SSSR count). The molecule has 1 atom stereocenters. The molecule has 4 nitrogen and oxygen atoms in total. The highest BCUT2D eigenvalue weighted by Gasteiger charge is 2.18. The Morgan fingerprint density at radius 1 is 1.24 bits per heavy atom. The number of aryl methyl sites for hydroxylation is 2. The summed E-state index contributed by atoms with van der Waals surface area (Å²) in [6, 6.07) is 6.71. The van der Waals surface area contributed by atoms with Gasteiger partial charge in [0, 0.05) is 30.3 Å². The van der Waals surface area contributed by atoms with Gasteiger partial charge in [-0.1, -0.05) is 0 Å². The van der Waals surface area contributed by atoms with Gasteiger partial charge in [-0.05, 0) is 32.4 Å². The van der Waals surface area contributed by atoms with E-state index in [9.17, 15) is 0 Å². The third-order valence-corrected chi connectivity index (χ3v) is 3.37. The Balaban J connectivity index is 1.94. The van der Waals surface area contributed by atoms with Crippen molar-refractivity contribution in [2.24, 2.45) is 0 Å². The van der Waals surface area contributed by atoms with E-state index in [2.05, 4.69) is 41.7 Å². The van der Waals surface area contributed by atoms with Gasteiger partial charge in [0.25, 0.3) is 0 Å². The van der Waals surface area contributed by atoms with Crippen molar-refractivity contribution in [1.82, 2.24) is 14.3 Å². The molecular weight excluding hydrogens is 214 g/mol. The number of hydrogen-bond acceptors (Lipinski definition) is 2. The Bertz CT molecular complexity index is 501. The van der Waals surface area contributed by atoms with Crippen molar-refractivity contribution in [3.05, 3.63) is 35.8 Å². The maximum absolute atomic E-state index is 5.39. The Hall–Kier alpha value is -1.55. The summed E-state index contributed by atoms with van der Waals surface area (Å²) in [4.78, 5) is 0. The topological polar surface area (TPSA) is 32.0 Å². The van der Waals surface area contributed by atoms with Gasteiger partial charge in [0.05, 0.1) is 12.6 Å². The lowest BCUT2D eigenvalue weighted by Gasteiger charge is -2.08. The van der Waals surface area contributed by atoms with Crippen LogP contribution in [0.3, 0.4) is 0 Å². The molecule has 4 heteroatoms. The van der Waals surface area contributed by atoms with Crippen molar-refractivity contribution >= 4 is 0 Å². The van der Waals surface area contributed by atoms with Gasteiger partial charge in [0.2, 0.25) is 0 Å². The zero-order valence-electron chi connectivity index (χ0n) is 10.3. The van der Waals surface area contributed by atoms with Crippen LogP contribution in [0.15, 0.2) is 24.4 Å². The number of rotatable bonds is 2. The lowest BCUT2D eigenvalue weighted by atomic mass is 10.3. The second kappa shape index (κ2) is 4.04. The first-order valence-electron chi connectivity index (χ1n) is 6.04. The fourth-order valence-electron chi connectivity index (χ4n) is 2.41. The zero-order chi connectivity index (χ0) is 11.8. The minimum absolute atomic E-state index is 0.403. The van der Waals surface area contributed by atoms with E-state index < -0.39 is 0 Å². The molecule has 90 valence electrons. The molecule has 1 fully saturated rings. The van der Waals surface area contributed by atoms with Gasteiger partial charge < -0.3 is 9.30 Å². The first-order chi connectivity index (χ1) is 8.25. The van der Waals surface area contributed by atoms with Crippen LogP contribution in [0.4, 0.5) is 0 Å². The van der Waals surface area contributed by atoms with Crippen molar-refractivity contribution < 1.29 is 4.74 Å². The van der Waals surface area contributed by atoms with E-state index in [0.717, 1.165) is 25.5 Å². The summed E-state index contributed by atoms with van der Waals surface area (Å²) >= 11 is 0. The number of aromatic nitrogens is 3. The fourth-order valence-corrected chi connectivity index (χ4v) is 2.41. The van der Waals surface area contributed by atoms with Crippen molar-refractivity contribution in [3.8, 4) is 5.82 Å². The highest BCUT2D eigenvalue weighted by atomic mass is 16.5. The molecule has 0 bridgehead atoms. The Morgan fingerprint density at radius 2 is 2.00 bits per heavy atom. The number of ether oxygens (including phenoxy) is 1. The minimum Gasteiger partial charge on any atom is -0.379 e. The van der Waals surface area contributed by atoms with Crippen molar-refractivity contribution in [1.29, 1.82) is 0 Å². The summed E-state index contributed by atoms with van der Waals surface area (Å²) in [6.07, 6.45) is 3.11. The maximum atomic E-state index is 5.39. The standard InChI is InChI=1S/C13H17N3O/c1-10-3-4-11(2)16(10)13-5-7-15(14-13)12-6-8-17-9-12/h3-5,7,12H,6,8-9H2,1-2H3/t12-/m1/s1. The zero-order valence-corrected chi connectivity index (χ0v) is 10.3. The Kier molecular flexibility index (Phi) is 2.52. The van der Waals surface area contributed by atoms with E-state index in [1.807, 2.05) is 10.9 Å². The quantitative estimate of drug-likeness (QED) is 0.794. The Morgan fingerprint density at radius 3 is 2.65 bits per heavy atom. The van der Waals surface area contributed by atoms with Crippen LogP contribution in [0.2, 0.25) is 0 Å². The molecule has 2 aromatic rings. The molecule has 3 heterocycles. The second-order valence-corrected chi connectivity index (χ2v) is 4.62. The maximum Gasteiger partial charge on any atom is 0.159 e. The van der Waals surface area contributed by atoms with E-state index in [1.54, 1.807) is 0 Å². The van der Waals surface area contributed by atoms with Crippen molar-refractivity contribution in [2.45, 2.75) is 26.3 Å². The lowest BCUT2D eigenvalue weighted by molar-refractivity contribution is 0.184. The second-order valence-electron chi connectivity index (χ2n) is 4.62. The minimum atomic E-state index is 0.403. The van der Waals surface area contributed by atoms with Gasteiger partial charge in [0.15, 0.2) is 5.82 Å². The highest BCUT2D eigenvalue weighted by Crippen LogP contribution is 2.20. The van der Waals surface area contributed by atoms with Crippen LogP contribution in [-0.2, 0) is 4.74 Å². The van der Waals surface area contributed by atoms with E-state index in [1.165, 1.54) is 11.4 Å². The van der Waals surface area contributed by atoms with Crippen LogP contribution in [-0.4, -0.2) is 27.6 Å². The Labute approximate surface area is 101 Å². The average molecular weight is 231 g/mol. The smallest absolute Gasteiger partial charge is 0.159 e. The summed E-state index contributed by atoms with van der Waals surface area (Å²) in [5, 5.41) is 4.66. The van der Waals surface area contributed by atoms with E-state index in [0.29, 0.717) is 6.04 Å². The molecule has 1 aliphatic heterocycles. The molecule has 0 saturated carbocycles. The number of nitrogens with zero attached hydrogens (tertiary/aromatic N) is 3. The van der Waals surface area contributed by atoms with E-state index in [4.69, 9.17) is 4.74 Å². The average Bonchev–Trinajstić information content (AvgIpc) is 2.98. The molecule has 0 N–H and O–H groups in total. The van der Waals surface area contributed by atoms with E-state index in [-0.39, 0.29) is 0 Å². The van der Waals surface area contributed by atoms with Crippen molar-refractivity contribution in [2.75, 3.05) is 13.2 Å². The van der Waals surface area contributed by atoms with Gasteiger partial charge in [0.1, 0.15) is 0 Å². The molecule has 1 aliphatic rings. The highest BCUT2D eigenvalue weighted by molar-refractivity contribution is 5.30. The van der Waals surface area contributed by atoms with Crippen LogP contribution >= 0.6 is 0 Å². The predicted molar refractivity (Wildman–Crippen MR) is 65.5 cm³/mol. The third kappa shape index (κ3) is 1.78. The van der Waals surface area contributed by atoms with Gasteiger partial charge in [-0.2, -0.15) is 5.10 Å². The molecule has 0 aliphatic carbocycles. The van der Waals surface area contributed by atoms with Crippen LogP contribution in [0.25, 0.3) is 5.82 Å². The molecule has 2 aromatic heterocycles. The molecule has 0 radical (unpaired) electrons. The molecule has 0 unspecified atom stereocenters. The van der Waals surface area contributed by atoms with Crippen LogP contribution in [0, 0.1) is 13.8 Å². The van der Waals surface area contributed by atoms with Crippen LogP contribution < -0.4 is 0 Å². The van der Waals surface area contributed by atoms with Gasteiger partial charge in [-0.3, -0.25) is 4.68 Å². The number of hydrogen-bond donors (Lipinski definition) is 0.